The van der Waals surface area contributed by atoms with Gasteiger partial charge < -0.3 is 9.47 Å². The molecule has 48 heavy (non-hydrogen) atoms. The van der Waals surface area contributed by atoms with E-state index in [4.69, 9.17) is 14.3 Å². The van der Waals surface area contributed by atoms with Gasteiger partial charge in [-0.2, -0.15) is 0 Å². The lowest BCUT2D eigenvalue weighted by Gasteiger charge is -2.19. The van der Waals surface area contributed by atoms with E-state index >= 15 is 0 Å². The maximum atomic E-state index is 13.0. The summed E-state index contributed by atoms with van der Waals surface area (Å²) in [4.78, 5) is 56.5. The number of benzene rings is 3. The number of fused-ring (bicyclic) bond motifs is 1. The van der Waals surface area contributed by atoms with E-state index < -0.39 is 5.92 Å². The van der Waals surface area contributed by atoms with Crippen molar-refractivity contribution in [1.82, 2.24) is 5.48 Å². The van der Waals surface area contributed by atoms with Crippen LogP contribution < -0.4 is 10.2 Å². The fourth-order valence-electron chi connectivity index (χ4n) is 5.96. The Morgan fingerprint density at radius 2 is 1.58 bits per heavy atom. The van der Waals surface area contributed by atoms with Crippen LogP contribution >= 0.6 is 11.3 Å². The molecular formula is C39H43NO7S. The highest BCUT2D eigenvalue weighted by atomic mass is 32.1. The van der Waals surface area contributed by atoms with Crippen molar-refractivity contribution in [3.05, 3.63) is 100 Å². The quantitative estimate of drug-likeness (QED) is 0.0668. The van der Waals surface area contributed by atoms with Crippen LogP contribution in [0.25, 0.3) is 10.1 Å². The molecule has 1 fully saturated rings. The average molecular weight is 670 g/mol. The Hall–Kier alpha value is -4.34. The summed E-state index contributed by atoms with van der Waals surface area (Å²) in [5.74, 6) is -0.241. The molecule has 1 aliphatic carbocycles. The number of nitrogens with one attached hydrogen (secondary N) is 1. The molecule has 4 aromatic rings. The van der Waals surface area contributed by atoms with Crippen molar-refractivity contribution in [2.75, 3.05) is 13.2 Å². The fourth-order valence-corrected chi connectivity index (χ4v) is 6.89. The van der Waals surface area contributed by atoms with E-state index in [-0.39, 0.29) is 36.0 Å². The number of hydrogen-bond acceptors (Lipinski definition) is 8. The van der Waals surface area contributed by atoms with Crippen molar-refractivity contribution in [1.29, 1.82) is 0 Å². The summed E-state index contributed by atoms with van der Waals surface area (Å²) in [7, 11) is 0. The summed E-state index contributed by atoms with van der Waals surface area (Å²) in [6, 6.07) is 24.8. The molecule has 0 spiro atoms. The molecule has 0 radical (unpaired) electrons. The van der Waals surface area contributed by atoms with Crippen LogP contribution in [0.2, 0.25) is 0 Å². The number of hydrogen-bond donors (Lipinski definition) is 1. The maximum absolute atomic E-state index is 13.0. The van der Waals surface area contributed by atoms with E-state index in [1.807, 2.05) is 78.9 Å². The summed E-state index contributed by atoms with van der Waals surface area (Å²) >= 11 is 1.38. The van der Waals surface area contributed by atoms with Crippen LogP contribution in [0.3, 0.4) is 0 Å². The minimum Gasteiger partial charge on any atom is -0.494 e. The highest BCUT2D eigenvalue weighted by Crippen LogP contribution is 2.27. The van der Waals surface area contributed by atoms with Crippen LogP contribution in [-0.4, -0.2) is 42.8 Å². The van der Waals surface area contributed by atoms with Crippen molar-refractivity contribution in [3.8, 4) is 5.75 Å². The van der Waals surface area contributed by atoms with Crippen LogP contribution in [0, 0.1) is 5.92 Å². The lowest BCUT2D eigenvalue weighted by molar-refractivity contribution is -0.155. The molecule has 252 valence electrons. The minimum absolute atomic E-state index is 0.0256. The van der Waals surface area contributed by atoms with Gasteiger partial charge in [0.15, 0.2) is 0 Å². The number of rotatable bonds is 18. The smallest absolute Gasteiger partial charge is 0.309 e. The first-order chi connectivity index (χ1) is 23.4. The molecule has 1 N–H and O–H groups in total. The summed E-state index contributed by atoms with van der Waals surface area (Å²) in [5, 5.41) is 0.920. The van der Waals surface area contributed by atoms with Gasteiger partial charge in [-0.25, -0.2) is 5.48 Å². The zero-order chi connectivity index (χ0) is 33.7. The molecule has 1 amide bonds. The average Bonchev–Trinajstić information content (AvgIpc) is 3.76. The van der Waals surface area contributed by atoms with Gasteiger partial charge in [0.2, 0.25) is 0 Å². The number of ketones is 2. The van der Waals surface area contributed by atoms with Gasteiger partial charge in [0, 0.05) is 30.4 Å². The summed E-state index contributed by atoms with van der Waals surface area (Å²) in [5.41, 5.74) is 5.22. The zero-order valence-corrected chi connectivity index (χ0v) is 28.2. The molecule has 1 saturated carbocycles. The molecule has 1 aromatic heterocycles. The van der Waals surface area contributed by atoms with E-state index in [1.165, 1.54) is 11.3 Å². The third kappa shape index (κ3) is 10.6. The number of carbonyl (C=O) groups is 4. The monoisotopic (exact) mass is 669 g/mol. The van der Waals surface area contributed by atoms with E-state index in [0.717, 1.165) is 52.5 Å². The molecular weight excluding hydrogens is 626 g/mol. The first-order valence-electron chi connectivity index (χ1n) is 16.8. The van der Waals surface area contributed by atoms with Gasteiger partial charge in [0.1, 0.15) is 23.4 Å². The van der Waals surface area contributed by atoms with Crippen molar-refractivity contribution >= 4 is 44.9 Å². The second kappa shape index (κ2) is 17.7. The Labute approximate surface area is 285 Å². The highest BCUT2D eigenvalue weighted by Gasteiger charge is 2.27. The number of amides is 1. The Bertz CT molecular complexity index is 1680. The molecule has 0 bridgehead atoms. The SMILES string of the molecule is CCONC(=O)c1cc2cc(CC(=O)Cc3ccc(OCCCC(=O)C[C@@H](Cc4ccccc4)C(=O)OC4CCCC4)cc3)ccc2s1. The Morgan fingerprint density at radius 3 is 2.33 bits per heavy atom. The molecule has 3 aromatic carbocycles. The Balaban J connectivity index is 1.04. The predicted molar refractivity (Wildman–Crippen MR) is 186 cm³/mol. The Morgan fingerprint density at radius 1 is 0.854 bits per heavy atom. The van der Waals surface area contributed by atoms with Gasteiger partial charge in [0.25, 0.3) is 5.91 Å². The fraction of sp³-hybridized carbons (Fsp3) is 0.385. The highest BCUT2D eigenvalue weighted by molar-refractivity contribution is 7.20. The molecule has 8 nitrogen and oxygen atoms in total. The minimum atomic E-state index is -0.484. The van der Waals surface area contributed by atoms with Crippen molar-refractivity contribution < 1.29 is 33.5 Å². The van der Waals surface area contributed by atoms with Crippen LogP contribution in [0.5, 0.6) is 5.75 Å². The molecule has 0 saturated heterocycles. The summed E-state index contributed by atoms with van der Waals surface area (Å²) < 4.78 is 12.6. The van der Waals surface area contributed by atoms with E-state index in [2.05, 4.69) is 5.48 Å². The van der Waals surface area contributed by atoms with E-state index in [0.29, 0.717) is 55.9 Å². The van der Waals surface area contributed by atoms with Crippen molar-refractivity contribution in [2.24, 2.45) is 5.92 Å². The number of thiophene rings is 1. The lowest BCUT2D eigenvalue weighted by Crippen LogP contribution is -2.26. The standard InChI is InChI=1S/C39H43NO7S/c1-2-46-40-38(43)37-26-30-22-29(16-19-36(30)48-37)24-33(42)23-28-14-17-34(18-15-28)45-20-8-11-32(41)25-31(21-27-9-4-3-5-10-27)39(44)47-35-12-6-7-13-35/h3-5,9-10,14-19,22,26,31,35H,2,6-8,11-13,20-21,23-25H2,1H3,(H,40,43)/t31-/m1/s1. The molecule has 0 aliphatic heterocycles. The molecule has 5 rings (SSSR count). The third-order valence-electron chi connectivity index (χ3n) is 8.43. The first-order valence-corrected chi connectivity index (χ1v) is 17.6. The van der Waals surface area contributed by atoms with E-state index in [1.54, 1.807) is 6.92 Å². The van der Waals surface area contributed by atoms with Gasteiger partial charge in [-0.05, 0) is 97.9 Å². The van der Waals surface area contributed by atoms with Gasteiger partial charge in [-0.15, -0.1) is 11.3 Å². The van der Waals surface area contributed by atoms with Gasteiger partial charge >= 0.3 is 5.97 Å². The predicted octanol–water partition coefficient (Wildman–Crippen LogP) is 7.40. The van der Waals surface area contributed by atoms with Crippen LogP contribution in [0.15, 0.2) is 78.9 Å². The largest absolute Gasteiger partial charge is 0.494 e. The number of esters is 1. The van der Waals surface area contributed by atoms with Gasteiger partial charge in [-0.1, -0.05) is 48.5 Å². The van der Waals surface area contributed by atoms with Crippen LogP contribution in [0.4, 0.5) is 0 Å². The molecule has 1 atom stereocenters. The number of carbonyl (C=O) groups excluding carboxylic acids is 4. The van der Waals surface area contributed by atoms with Crippen molar-refractivity contribution in [3.63, 3.8) is 0 Å². The second-order valence-electron chi connectivity index (χ2n) is 12.3. The molecule has 1 aliphatic rings. The Kier molecular flexibility index (Phi) is 12.9. The number of ether oxygens (including phenoxy) is 2. The third-order valence-corrected chi connectivity index (χ3v) is 9.54. The topological polar surface area (TPSA) is 108 Å². The summed E-state index contributed by atoms with van der Waals surface area (Å²) in [6.45, 7) is 2.56. The summed E-state index contributed by atoms with van der Waals surface area (Å²) in [6.07, 6.45) is 6.05. The maximum Gasteiger partial charge on any atom is 0.309 e. The number of hydroxylamine groups is 1. The van der Waals surface area contributed by atoms with Gasteiger partial charge in [-0.3, -0.25) is 24.0 Å². The lowest BCUT2D eigenvalue weighted by atomic mass is 9.93. The van der Waals surface area contributed by atoms with Gasteiger partial charge in [0.05, 0.1) is 24.0 Å². The van der Waals surface area contributed by atoms with E-state index in [9.17, 15) is 19.2 Å². The second-order valence-corrected chi connectivity index (χ2v) is 13.4. The van der Waals surface area contributed by atoms with Crippen molar-refractivity contribution in [2.45, 2.75) is 77.2 Å². The molecule has 0 unspecified atom stereocenters. The zero-order valence-electron chi connectivity index (χ0n) is 27.4. The van der Waals surface area contributed by atoms with Crippen LogP contribution in [0.1, 0.15) is 78.2 Å². The first kappa shape index (κ1) is 35.0. The number of Topliss-reactive ketones (excluding diaryl/α,β-unsaturated/α-hetero) is 2. The molecule has 9 heteroatoms. The molecule has 1 heterocycles. The normalized spacial score (nSPS) is 13.7. The van der Waals surface area contributed by atoms with Crippen LogP contribution in [-0.2, 0) is 43.2 Å².